The van der Waals surface area contributed by atoms with Gasteiger partial charge < -0.3 is 8.98 Å². The third kappa shape index (κ3) is 3.56. The molecule has 7 heteroatoms. The number of hydrogen-bond acceptors (Lipinski definition) is 6. The molecule has 5 heterocycles. The monoisotopic (exact) mass is 516 g/mol. The molecule has 0 saturated carbocycles. The van der Waals surface area contributed by atoms with E-state index in [2.05, 4.69) is 75.2 Å². The normalized spacial score (nSPS) is 11.5. The Morgan fingerprint density at radius 3 is 1.77 bits per heavy atom. The van der Waals surface area contributed by atoms with Gasteiger partial charge in [-0.05, 0) is 72.8 Å². The van der Waals surface area contributed by atoms with Crippen LogP contribution in [0.1, 0.15) is 0 Å². The van der Waals surface area contributed by atoms with Crippen molar-refractivity contribution < 1.29 is 4.42 Å². The van der Waals surface area contributed by atoms with Crippen LogP contribution < -0.4 is 0 Å². The zero-order chi connectivity index (χ0) is 26.5. The average Bonchev–Trinajstić information content (AvgIpc) is 3.64. The van der Waals surface area contributed by atoms with Crippen LogP contribution in [0.2, 0.25) is 0 Å². The molecule has 7 nitrogen and oxygen atoms in total. The van der Waals surface area contributed by atoms with E-state index in [0.717, 1.165) is 55.2 Å². The van der Waals surface area contributed by atoms with Crippen molar-refractivity contribution in [3.05, 3.63) is 122 Å². The highest BCUT2D eigenvalue weighted by atomic mass is 16.3. The summed E-state index contributed by atoms with van der Waals surface area (Å²) in [6.45, 7) is 0. The van der Waals surface area contributed by atoms with Crippen molar-refractivity contribution in [1.82, 2.24) is 29.5 Å². The number of pyridine rings is 2. The molecule has 0 amide bonds. The average molecular weight is 517 g/mol. The van der Waals surface area contributed by atoms with E-state index in [-0.39, 0.29) is 0 Å². The summed E-state index contributed by atoms with van der Waals surface area (Å²) in [6.07, 6.45) is 8.70. The highest BCUT2D eigenvalue weighted by Gasteiger charge is 2.17. The molecule has 3 aromatic carbocycles. The quantitative estimate of drug-likeness (QED) is 0.241. The summed E-state index contributed by atoms with van der Waals surface area (Å²) >= 11 is 0. The van der Waals surface area contributed by atoms with Crippen molar-refractivity contribution in [2.75, 3.05) is 0 Å². The maximum atomic E-state index is 5.92. The van der Waals surface area contributed by atoms with Gasteiger partial charge in [0, 0.05) is 57.9 Å². The van der Waals surface area contributed by atoms with Gasteiger partial charge in [0.15, 0.2) is 17.5 Å². The smallest absolute Gasteiger partial charge is 0.164 e. The van der Waals surface area contributed by atoms with E-state index >= 15 is 0 Å². The van der Waals surface area contributed by atoms with Gasteiger partial charge >= 0.3 is 0 Å². The van der Waals surface area contributed by atoms with E-state index in [1.807, 2.05) is 30.3 Å². The van der Waals surface area contributed by atoms with Gasteiger partial charge in [0.05, 0.1) is 22.7 Å². The Bertz CT molecular complexity index is 2090. The zero-order valence-electron chi connectivity index (χ0n) is 21.1. The van der Waals surface area contributed by atoms with Gasteiger partial charge in [-0.25, -0.2) is 15.0 Å². The summed E-state index contributed by atoms with van der Waals surface area (Å²) in [5, 5.41) is 3.36. The molecule has 0 spiro atoms. The molecule has 0 bridgehead atoms. The van der Waals surface area contributed by atoms with Crippen LogP contribution in [-0.2, 0) is 0 Å². The van der Waals surface area contributed by atoms with Crippen LogP contribution >= 0.6 is 0 Å². The molecule has 0 unspecified atom stereocenters. The third-order valence-electron chi connectivity index (χ3n) is 7.15. The molecule has 0 aliphatic rings. The minimum absolute atomic E-state index is 0.591. The highest BCUT2D eigenvalue weighted by molar-refractivity contribution is 6.19. The summed E-state index contributed by atoms with van der Waals surface area (Å²) in [5.41, 5.74) is 6.80. The maximum Gasteiger partial charge on any atom is 0.164 e. The van der Waals surface area contributed by atoms with Gasteiger partial charge in [-0.3, -0.25) is 9.97 Å². The number of fused-ring (bicyclic) bond motifs is 5. The predicted octanol–water partition coefficient (Wildman–Crippen LogP) is 7.51. The Hall–Kier alpha value is -5.69. The van der Waals surface area contributed by atoms with Crippen molar-refractivity contribution in [3.8, 4) is 39.9 Å². The minimum atomic E-state index is 0.591. The fourth-order valence-corrected chi connectivity index (χ4v) is 5.28. The first-order valence-corrected chi connectivity index (χ1v) is 12.9. The Morgan fingerprint density at radius 1 is 0.525 bits per heavy atom. The van der Waals surface area contributed by atoms with Crippen LogP contribution in [0.5, 0.6) is 0 Å². The van der Waals surface area contributed by atoms with E-state index in [1.165, 1.54) is 0 Å². The van der Waals surface area contributed by atoms with Crippen molar-refractivity contribution in [3.63, 3.8) is 0 Å². The summed E-state index contributed by atoms with van der Waals surface area (Å²) < 4.78 is 8.19. The molecule has 5 aromatic heterocycles. The molecular weight excluding hydrogens is 496 g/mol. The standard InChI is InChI=1S/C33H20N6O/c1-2-4-27-26(3-1)29-28(10-7-21-15-20-40-30(21)29)39(27)25-8-5-22(6-9-25)31-36-32(23-11-16-34-17-12-23)38-33(37-31)24-13-18-35-19-14-24/h1-20H. The molecule has 0 fully saturated rings. The lowest BCUT2D eigenvalue weighted by Gasteiger charge is -2.10. The lowest BCUT2D eigenvalue weighted by Crippen LogP contribution is -2.00. The van der Waals surface area contributed by atoms with E-state index in [9.17, 15) is 0 Å². The number of aromatic nitrogens is 6. The maximum absolute atomic E-state index is 5.92. The minimum Gasteiger partial charge on any atom is -0.464 e. The molecule has 0 aliphatic carbocycles. The van der Waals surface area contributed by atoms with Crippen LogP contribution in [0.3, 0.4) is 0 Å². The summed E-state index contributed by atoms with van der Waals surface area (Å²) in [6, 6.07) is 30.6. The molecule has 40 heavy (non-hydrogen) atoms. The first kappa shape index (κ1) is 22.3. The Labute approximate surface area is 228 Å². The molecule has 0 N–H and O–H groups in total. The molecule has 188 valence electrons. The van der Waals surface area contributed by atoms with Gasteiger partial charge in [-0.1, -0.05) is 18.2 Å². The molecule has 0 radical (unpaired) electrons. The van der Waals surface area contributed by atoms with Gasteiger partial charge in [0.1, 0.15) is 5.58 Å². The van der Waals surface area contributed by atoms with Crippen LogP contribution in [-0.4, -0.2) is 29.5 Å². The fourth-order valence-electron chi connectivity index (χ4n) is 5.28. The van der Waals surface area contributed by atoms with E-state index in [4.69, 9.17) is 19.4 Å². The van der Waals surface area contributed by atoms with Crippen LogP contribution in [0.4, 0.5) is 0 Å². The van der Waals surface area contributed by atoms with Crippen molar-refractivity contribution in [2.24, 2.45) is 0 Å². The zero-order valence-corrected chi connectivity index (χ0v) is 21.1. The Morgan fingerprint density at radius 2 is 1.12 bits per heavy atom. The van der Waals surface area contributed by atoms with Gasteiger partial charge in [0.25, 0.3) is 0 Å². The van der Waals surface area contributed by atoms with Crippen LogP contribution in [0.15, 0.2) is 126 Å². The molecule has 0 atom stereocenters. The lowest BCUT2D eigenvalue weighted by atomic mass is 10.1. The first-order valence-electron chi connectivity index (χ1n) is 12.9. The lowest BCUT2D eigenvalue weighted by molar-refractivity contribution is 0.619. The number of nitrogens with zero attached hydrogens (tertiary/aromatic N) is 6. The topological polar surface area (TPSA) is 82.5 Å². The summed E-state index contributed by atoms with van der Waals surface area (Å²) in [5.74, 6) is 1.78. The molecular formula is C33H20N6O. The highest BCUT2D eigenvalue weighted by Crippen LogP contribution is 2.37. The second-order valence-corrected chi connectivity index (χ2v) is 9.48. The predicted molar refractivity (Wildman–Crippen MR) is 156 cm³/mol. The number of hydrogen-bond donors (Lipinski definition) is 0. The Kier molecular flexibility index (Phi) is 4.99. The van der Waals surface area contributed by atoms with Gasteiger partial charge in [-0.15, -0.1) is 0 Å². The fraction of sp³-hybridized carbons (Fsp3) is 0. The van der Waals surface area contributed by atoms with E-state index < -0.39 is 0 Å². The summed E-state index contributed by atoms with van der Waals surface area (Å²) in [7, 11) is 0. The first-order chi connectivity index (χ1) is 19.8. The van der Waals surface area contributed by atoms with E-state index in [0.29, 0.717) is 17.5 Å². The molecule has 0 saturated heterocycles. The number of benzene rings is 3. The SMILES string of the molecule is c1ccc2c(c1)c1c3occc3ccc1n2-c1ccc(-c2nc(-c3ccncc3)nc(-c3ccncc3)n2)cc1. The second-order valence-electron chi connectivity index (χ2n) is 9.48. The Balaban J connectivity index is 1.28. The largest absolute Gasteiger partial charge is 0.464 e. The van der Waals surface area contributed by atoms with Crippen molar-refractivity contribution >= 4 is 32.8 Å². The van der Waals surface area contributed by atoms with Crippen molar-refractivity contribution in [2.45, 2.75) is 0 Å². The number of furan rings is 1. The third-order valence-corrected chi connectivity index (χ3v) is 7.15. The van der Waals surface area contributed by atoms with Crippen LogP contribution in [0.25, 0.3) is 72.6 Å². The van der Waals surface area contributed by atoms with Gasteiger partial charge in [0.2, 0.25) is 0 Å². The summed E-state index contributed by atoms with van der Waals surface area (Å²) in [4.78, 5) is 22.7. The number of rotatable bonds is 4. The molecule has 8 rings (SSSR count). The van der Waals surface area contributed by atoms with Crippen molar-refractivity contribution in [1.29, 1.82) is 0 Å². The second kappa shape index (κ2) is 8.96. The van der Waals surface area contributed by atoms with E-state index in [1.54, 1.807) is 31.1 Å². The number of para-hydroxylation sites is 1. The van der Waals surface area contributed by atoms with Crippen LogP contribution in [0, 0.1) is 0 Å². The van der Waals surface area contributed by atoms with Gasteiger partial charge in [-0.2, -0.15) is 0 Å². The molecule has 0 aliphatic heterocycles. The molecule has 8 aromatic rings.